The van der Waals surface area contributed by atoms with E-state index in [1.165, 1.54) is 5.56 Å². The van der Waals surface area contributed by atoms with E-state index in [-0.39, 0.29) is 10.6 Å². The van der Waals surface area contributed by atoms with Gasteiger partial charge in [-0.3, -0.25) is 10.1 Å². The Balaban J connectivity index is 2.12. The summed E-state index contributed by atoms with van der Waals surface area (Å²) in [5, 5.41) is 11.2. The number of hydrogen-bond donors (Lipinski definition) is 0. The number of para-hydroxylation sites is 1. The Morgan fingerprint density at radius 2 is 1.95 bits per heavy atom. The van der Waals surface area contributed by atoms with Crippen molar-refractivity contribution in [2.24, 2.45) is 0 Å². The lowest BCUT2D eigenvalue weighted by Gasteiger charge is -2.19. The van der Waals surface area contributed by atoms with Crippen molar-refractivity contribution in [3.63, 3.8) is 0 Å². The predicted octanol–water partition coefficient (Wildman–Crippen LogP) is 3.60. The first kappa shape index (κ1) is 11.7. The topological polar surface area (TPSA) is 46.4 Å². The van der Waals surface area contributed by atoms with Gasteiger partial charge in [-0.1, -0.05) is 24.3 Å². The zero-order valence-corrected chi connectivity index (χ0v) is 10.7. The number of fused-ring (bicyclic) bond motifs is 1. The molecule has 1 aliphatic rings. The van der Waals surface area contributed by atoms with Gasteiger partial charge in [0.15, 0.2) is 0 Å². The van der Waals surface area contributed by atoms with Gasteiger partial charge in [-0.2, -0.15) is 0 Å². The largest absolute Gasteiger partial charge is 0.335 e. The van der Waals surface area contributed by atoms with Gasteiger partial charge in [-0.25, -0.2) is 0 Å². The molecule has 0 saturated heterocycles. The minimum absolute atomic E-state index is 0.178. The summed E-state index contributed by atoms with van der Waals surface area (Å²) in [5.74, 6) is 0. The first-order valence-corrected chi connectivity index (χ1v) is 6.27. The molecule has 0 atom stereocenters. The lowest BCUT2D eigenvalue weighted by molar-refractivity contribution is -0.384. The normalized spacial score (nSPS) is 13.4. The van der Waals surface area contributed by atoms with Crippen molar-refractivity contribution in [1.29, 1.82) is 0 Å². The fraction of sp³-hybridized carbons (Fsp3) is 0.200. The maximum Gasteiger partial charge on any atom is 0.293 e. The Morgan fingerprint density at radius 1 is 1.16 bits per heavy atom. The number of anilines is 2. The van der Waals surface area contributed by atoms with E-state index >= 15 is 0 Å². The Kier molecular flexibility index (Phi) is 2.71. The Morgan fingerprint density at radius 3 is 2.74 bits per heavy atom. The molecule has 0 amide bonds. The number of rotatable bonds is 2. The van der Waals surface area contributed by atoms with E-state index in [0.717, 1.165) is 24.2 Å². The molecule has 0 bridgehead atoms. The summed E-state index contributed by atoms with van der Waals surface area (Å²) in [6.07, 6.45) is 0.932. The van der Waals surface area contributed by atoms with Crippen LogP contribution in [0.5, 0.6) is 0 Å². The highest BCUT2D eigenvalue weighted by Gasteiger charge is 2.25. The van der Waals surface area contributed by atoms with E-state index in [4.69, 9.17) is 0 Å². The van der Waals surface area contributed by atoms with Crippen LogP contribution >= 0.6 is 0 Å². The lowest BCUT2D eigenvalue weighted by atomic mass is 10.1. The van der Waals surface area contributed by atoms with Crippen LogP contribution in [0.25, 0.3) is 0 Å². The molecule has 0 radical (unpaired) electrons. The van der Waals surface area contributed by atoms with Crippen molar-refractivity contribution in [2.75, 3.05) is 11.4 Å². The summed E-state index contributed by atoms with van der Waals surface area (Å²) in [7, 11) is 0. The van der Waals surface area contributed by atoms with Crippen LogP contribution in [0, 0.1) is 17.0 Å². The van der Waals surface area contributed by atoms with Crippen LogP contribution < -0.4 is 4.90 Å². The molecule has 4 nitrogen and oxygen atoms in total. The number of nitro groups is 1. The predicted molar refractivity (Wildman–Crippen MR) is 75.0 cm³/mol. The van der Waals surface area contributed by atoms with Crippen LogP contribution in [0.2, 0.25) is 0 Å². The van der Waals surface area contributed by atoms with Gasteiger partial charge < -0.3 is 4.90 Å². The zero-order valence-electron chi connectivity index (χ0n) is 10.7. The monoisotopic (exact) mass is 254 g/mol. The van der Waals surface area contributed by atoms with Gasteiger partial charge in [-0.15, -0.1) is 0 Å². The molecule has 0 fully saturated rings. The second kappa shape index (κ2) is 4.39. The highest BCUT2D eigenvalue weighted by molar-refractivity contribution is 5.76. The highest BCUT2D eigenvalue weighted by Crippen LogP contribution is 2.39. The van der Waals surface area contributed by atoms with Gasteiger partial charge in [0.05, 0.1) is 4.92 Å². The minimum atomic E-state index is -0.302. The first-order valence-electron chi connectivity index (χ1n) is 6.27. The molecule has 1 aliphatic heterocycles. The van der Waals surface area contributed by atoms with E-state index in [0.29, 0.717) is 5.69 Å². The molecule has 19 heavy (non-hydrogen) atoms. The van der Waals surface area contributed by atoms with E-state index in [9.17, 15) is 10.1 Å². The van der Waals surface area contributed by atoms with Crippen molar-refractivity contribution >= 4 is 17.1 Å². The maximum atomic E-state index is 11.2. The van der Waals surface area contributed by atoms with Crippen molar-refractivity contribution in [2.45, 2.75) is 13.3 Å². The van der Waals surface area contributed by atoms with Crippen LogP contribution in [0.4, 0.5) is 17.1 Å². The van der Waals surface area contributed by atoms with Gasteiger partial charge in [0.25, 0.3) is 5.69 Å². The van der Waals surface area contributed by atoms with Crippen molar-refractivity contribution in [1.82, 2.24) is 0 Å². The lowest BCUT2D eigenvalue weighted by Crippen LogP contribution is -2.14. The molecular weight excluding hydrogens is 240 g/mol. The van der Waals surface area contributed by atoms with Gasteiger partial charge in [-0.05, 0) is 36.6 Å². The summed E-state index contributed by atoms with van der Waals surface area (Å²) in [6.45, 7) is 2.66. The Hall–Kier alpha value is -2.36. The third kappa shape index (κ3) is 1.95. The number of nitrogens with zero attached hydrogens (tertiary/aromatic N) is 2. The third-order valence-corrected chi connectivity index (χ3v) is 3.51. The minimum Gasteiger partial charge on any atom is -0.335 e. The number of benzene rings is 2. The van der Waals surface area contributed by atoms with Gasteiger partial charge in [0.1, 0.15) is 5.69 Å². The number of aryl methyl sites for hydroxylation is 1. The zero-order chi connectivity index (χ0) is 13.4. The Labute approximate surface area is 111 Å². The average molecular weight is 254 g/mol. The van der Waals surface area contributed by atoms with Gasteiger partial charge >= 0.3 is 0 Å². The molecular formula is C15H14N2O2. The van der Waals surface area contributed by atoms with E-state index in [1.54, 1.807) is 6.07 Å². The quantitative estimate of drug-likeness (QED) is 0.607. The standard InChI is InChI=1S/C15H14N2O2/c1-11-6-7-14(15(10-11)17(18)19)16-9-8-12-4-2-3-5-13(12)16/h2-7,10H,8-9H2,1H3. The van der Waals surface area contributed by atoms with E-state index < -0.39 is 0 Å². The number of nitro benzene ring substituents is 1. The highest BCUT2D eigenvalue weighted by atomic mass is 16.6. The summed E-state index contributed by atoms with van der Waals surface area (Å²) in [5.41, 5.74) is 4.09. The molecule has 0 spiro atoms. The van der Waals surface area contributed by atoms with Gasteiger partial charge in [0, 0.05) is 18.3 Å². The van der Waals surface area contributed by atoms with E-state index in [2.05, 4.69) is 6.07 Å². The molecule has 2 aromatic rings. The van der Waals surface area contributed by atoms with Crippen LogP contribution in [0.15, 0.2) is 42.5 Å². The second-order valence-corrected chi connectivity index (χ2v) is 4.78. The van der Waals surface area contributed by atoms with Crippen LogP contribution in [0.3, 0.4) is 0 Å². The molecule has 2 aromatic carbocycles. The molecule has 0 saturated carbocycles. The molecule has 3 rings (SSSR count). The Bertz CT molecular complexity index is 652. The molecule has 96 valence electrons. The van der Waals surface area contributed by atoms with Crippen LogP contribution in [0.1, 0.15) is 11.1 Å². The second-order valence-electron chi connectivity index (χ2n) is 4.78. The first-order chi connectivity index (χ1) is 9.16. The molecule has 1 heterocycles. The summed E-state index contributed by atoms with van der Waals surface area (Å²) in [6, 6.07) is 13.5. The number of hydrogen-bond acceptors (Lipinski definition) is 3. The van der Waals surface area contributed by atoms with Crippen LogP contribution in [-0.4, -0.2) is 11.5 Å². The smallest absolute Gasteiger partial charge is 0.293 e. The third-order valence-electron chi connectivity index (χ3n) is 3.51. The fourth-order valence-corrected chi connectivity index (χ4v) is 2.60. The van der Waals surface area contributed by atoms with Crippen molar-refractivity contribution in [3.8, 4) is 0 Å². The average Bonchev–Trinajstić information content (AvgIpc) is 2.82. The summed E-state index contributed by atoms with van der Waals surface area (Å²) in [4.78, 5) is 13.0. The fourth-order valence-electron chi connectivity index (χ4n) is 2.60. The molecule has 0 aromatic heterocycles. The summed E-state index contributed by atoms with van der Waals surface area (Å²) >= 11 is 0. The molecule has 4 heteroatoms. The van der Waals surface area contributed by atoms with Crippen molar-refractivity contribution in [3.05, 3.63) is 63.7 Å². The summed E-state index contributed by atoms with van der Waals surface area (Å²) < 4.78 is 0. The van der Waals surface area contributed by atoms with Crippen LogP contribution in [-0.2, 0) is 6.42 Å². The molecule has 0 aliphatic carbocycles. The van der Waals surface area contributed by atoms with Crippen molar-refractivity contribution < 1.29 is 4.92 Å². The van der Waals surface area contributed by atoms with E-state index in [1.807, 2.05) is 42.2 Å². The SMILES string of the molecule is Cc1ccc(N2CCc3ccccc32)c([N+](=O)[O-])c1. The maximum absolute atomic E-state index is 11.2. The molecule has 0 N–H and O–H groups in total. The van der Waals surface area contributed by atoms with Gasteiger partial charge in [0.2, 0.25) is 0 Å². The molecule has 0 unspecified atom stereocenters.